The Labute approximate surface area is 303 Å². The Hall–Kier alpha value is -6.90. The molecule has 0 spiro atoms. The summed E-state index contributed by atoms with van der Waals surface area (Å²) in [7, 11) is 0. The Morgan fingerprint density at radius 1 is 0.346 bits per heavy atom. The van der Waals surface area contributed by atoms with Crippen LogP contribution in [0.1, 0.15) is 0 Å². The standard InChI is InChI=1S/C50H34N2/c1-3-13-35(14-4-1)37-25-29-43(30-26-37)51(44-31-27-38(28-32-44)40-24-23-36-15-7-8-16-39(36)33-40)48-34-41-17-9-10-20-45(41)50-49(48)46-21-11-12-22-47(46)52(50)42-18-5-2-6-19-42/h1-34H. The average molecular weight is 663 g/mol. The van der Waals surface area contributed by atoms with Gasteiger partial charge >= 0.3 is 0 Å². The maximum atomic E-state index is 2.44. The molecule has 244 valence electrons. The van der Waals surface area contributed by atoms with Gasteiger partial charge in [0.1, 0.15) is 0 Å². The fourth-order valence-corrected chi connectivity index (χ4v) is 7.87. The van der Waals surface area contributed by atoms with Crippen molar-refractivity contribution in [3.63, 3.8) is 0 Å². The molecule has 0 aliphatic heterocycles. The van der Waals surface area contributed by atoms with E-state index in [0.29, 0.717) is 0 Å². The first kappa shape index (κ1) is 30.0. The van der Waals surface area contributed by atoms with Gasteiger partial charge in [0.15, 0.2) is 0 Å². The van der Waals surface area contributed by atoms with Crippen molar-refractivity contribution in [3.05, 3.63) is 206 Å². The summed E-state index contributed by atoms with van der Waals surface area (Å²) in [5.74, 6) is 0. The SMILES string of the molecule is c1ccc(-c2ccc(N(c3ccc(-c4ccc5ccccc5c4)cc3)c3cc4ccccc4c4c3c3ccccc3n4-c3ccccc3)cc2)cc1. The van der Waals surface area contributed by atoms with E-state index in [9.17, 15) is 0 Å². The highest BCUT2D eigenvalue weighted by atomic mass is 15.1. The molecule has 0 N–H and O–H groups in total. The predicted octanol–water partition coefficient (Wildman–Crippen LogP) is 13.9. The molecule has 1 heterocycles. The molecule has 10 rings (SSSR count). The number of aromatic nitrogens is 1. The van der Waals surface area contributed by atoms with Crippen LogP contribution < -0.4 is 4.90 Å². The van der Waals surface area contributed by atoms with E-state index in [-0.39, 0.29) is 0 Å². The summed E-state index contributed by atoms with van der Waals surface area (Å²) < 4.78 is 2.44. The van der Waals surface area contributed by atoms with Crippen LogP contribution in [-0.2, 0) is 0 Å². The minimum absolute atomic E-state index is 1.10. The number of nitrogens with zero attached hydrogens (tertiary/aromatic N) is 2. The smallest absolute Gasteiger partial charge is 0.0640 e. The molecule has 0 saturated heterocycles. The summed E-state index contributed by atoms with van der Waals surface area (Å²) in [6.07, 6.45) is 0. The highest BCUT2D eigenvalue weighted by Crippen LogP contribution is 2.47. The average Bonchev–Trinajstić information content (AvgIpc) is 3.58. The maximum Gasteiger partial charge on any atom is 0.0640 e. The van der Waals surface area contributed by atoms with Crippen LogP contribution in [0.25, 0.3) is 71.3 Å². The van der Waals surface area contributed by atoms with E-state index in [1.807, 2.05) is 0 Å². The third-order valence-corrected chi connectivity index (χ3v) is 10.3. The van der Waals surface area contributed by atoms with E-state index in [1.54, 1.807) is 0 Å². The molecule has 0 fully saturated rings. The van der Waals surface area contributed by atoms with E-state index < -0.39 is 0 Å². The molecule has 0 saturated carbocycles. The van der Waals surface area contributed by atoms with Crippen molar-refractivity contribution in [2.24, 2.45) is 0 Å². The van der Waals surface area contributed by atoms with Gasteiger partial charge in [0.2, 0.25) is 0 Å². The van der Waals surface area contributed by atoms with E-state index in [1.165, 1.54) is 65.6 Å². The lowest BCUT2D eigenvalue weighted by atomic mass is 9.99. The van der Waals surface area contributed by atoms with Crippen LogP contribution in [0.4, 0.5) is 17.1 Å². The number of hydrogen-bond donors (Lipinski definition) is 0. The first-order chi connectivity index (χ1) is 25.8. The summed E-state index contributed by atoms with van der Waals surface area (Å²) in [6.45, 7) is 0. The zero-order chi connectivity index (χ0) is 34.4. The first-order valence-corrected chi connectivity index (χ1v) is 17.9. The molecule has 0 radical (unpaired) electrons. The molecular formula is C50H34N2. The predicted molar refractivity (Wildman–Crippen MR) is 221 cm³/mol. The van der Waals surface area contributed by atoms with Crippen LogP contribution >= 0.6 is 0 Å². The number of para-hydroxylation sites is 2. The van der Waals surface area contributed by atoms with Crippen molar-refractivity contribution in [2.45, 2.75) is 0 Å². The zero-order valence-electron chi connectivity index (χ0n) is 28.5. The van der Waals surface area contributed by atoms with Crippen LogP contribution in [0.15, 0.2) is 206 Å². The van der Waals surface area contributed by atoms with Gasteiger partial charge in [-0.15, -0.1) is 0 Å². The lowest BCUT2D eigenvalue weighted by Gasteiger charge is -2.27. The normalized spacial score (nSPS) is 11.5. The van der Waals surface area contributed by atoms with Crippen LogP contribution in [0.5, 0.6) is 0 Å². The molecule has 0 aliphatic rings. The zero-order valence-corrected chi connectivity index (χ0v) is 28.5. The van der Waals surface area contributed by atoms with Crippen molar-refractivity contribution in [2.75, 3.05) is 4.90 Å². The molecule has 52 heavy (non-hydrogen) atoms. The summed E-state index contributed by atoms with van der Waals surface area (Å²) in [6, 6.07) is 74.7. The number of anilines is 3. The van der Waals surface area contributed by atoms with E-state index in [2.05, 4.69) is 216 Å². The van der Waals surface area contributed by atoms with Gasteiger partial charge in [0.25, 0.3) is 0 Å². The minimum Gasteiger partial charge on any atom is -0.310 e. The van der Waals surface area contributed by atoms with Crippen LogP contribution in [0.3, 0.4) is 0 Å². The van der Waals surface area contributed by atoms with Gasteiger partial charge in [-0.1, -0.05) is 152 Å². The molecule has 2 nitrogen and oxygen atoms in total. The second-order valence-corrected chi connectivity index (χ2v) is 13.4. The Morgan fingerprint density at radius 3 is 1.58 bits per heavy atom. The van der Waals surface area contributed by atoms with Gasteiger partial charge in [-0.3, -0.25) is 0 Å². The molecule has 1 aromatic heterocycles. The Morgan fingerprint density at radius 2 is 0.865 bits per heavy atom. The van der Waals surface area contributed by atoms with Crippen LogP contribution in [0.2, 0.25) is 0 Å². The van der Waals surface area contributed by atoms with E-state index in [0.717, 1.165) is 22.7 Å². The van der Waals surface area contributed by atoms with Gasteiger partial charge in [-0.05, 0) is 93.0 Å². The van der Waals surface area contributed by atoms with Crippen molar-refractivity contribution in [1.82, 2.24) is 4.57 Å². The molecule has 10 aromatic rings. The lowest BCUT2D eigenvalue weighted by molar-refractivity contribution is 1.19. The van der Waals surface area contributed by atoms with Crippen LogP contribution in [-0.4, -0.2) is 4.57 Å². The summed E-state index contributed by atoms with van der Waals surface area (Å²) in [4.78, 5) is 2.44. The second kappa shape index (κ2) is 12.5. The fourth-order valence-electron chi connectivity index (χ4n) is 7.87. The van der Waals surface area contributed by atoms with E-state index in [4.69, 9.17) is 0 Å². The lowest BCUT2D eigenvalue weighted by Crippen LogP contribution is -2.10. The molecule has 0 unspecified atom stereocenters. The third-order valence-electron chi connectivity index (χ3n) is 10.3. The van der Waals surface area contributed by atoms with Crippen molar-refractivity contribution < 1.29 is 0 Å². The van der Waals surface area contributed by atoms with Gasteiger partial charge in [-0.25, -0.2) is 0 Å². The molecule has 2 heteroatoms. The molecule has 0 amide bonds. The quantitative estimate of drug-likeness (QED) is 0.172. The summed E-state index contributed by atoms with van der Waals surface area (Å²) in [5.41, 5.74) is 11.7. The monoisotopic (exact) mass is 662 g/mol. The number of hydrogen-bond acceptors (Lipinski definition) is 1. The second-order valence-electron chi connectivity index (χ2n) is 13.4. The third kappa shape index (κ3) is 5.04. The van der Waals surface area contributed by atoms with Crippen LogP contribution in [0, 0.1) is 0 Å². The number of fused-ring (bicyclic) bond motifs is 6. The Kier molecular flexibility index (Phi) is 7.18. The maximum absolute atomic E-state index is 2.44. The highest BCUT2D eigenvalue weighted by molar-refractivity contribution is 6.24. The number of benzene rings is 9. The van der Waals surface area contributed by atoms with Crippen molar-refractivity contribution in [1.29, 1.82) is 0 Å². The van der Waals surface area contributed by atoms with Crippen molar-refractivity contribution >= 4 is 60.4 Å². The van der Waals surface area contributed by atoms with E-state index >= 15 is 0 Å². The molecule has 0 bridgehead atoms. The molecule has 9 aromatic carbocycles. The Balaban J connectivity index is 1.23. The summed E-state index contributed by atoms with van der Waals surface area (Å²) >= 11 is 0. The molecule has 0 aliphatic carbocycles. The van der Waals surface area contributed by atoms with Crippen molar-refractivity contribution in [3.8, 4) is 27.9 Å². The van der Waals surface area contributed by atoms with Gasteiger partial charge in [0, 0.05) is 33.2 Å². The van der Waals surface area contributed by atoms with Gasteiger partial charge < -0.3 is 9.47 Å². The summed E-state index contributed by atoms with van der Waals surface area (Å²) in [5, 5.41) is 7.38. The minimum atomic E-state index is 1.10. The molecular weight excluding hydrogens is 629 g/mol. The largest absolute Gasteiger partial charge is 0.310 e. The first-order valence-electron chi connectivity index (χ1n) is 17.9. The fraction of sp³-hybridized carbons (Fsp3) is 0. The van der Waals surface area contributed by atoms with Gasteiger partial charge in [0.05, 0.1) is 16.7 Å². The highest BCUT2D eigenvalue weighted by Gasteiger charge is 2.23. The van der Waals surface area contributed by atoms with Gasteiger partial charge in [-0.2, -0.15) is 0 Å². The topological polar surface area (TPSA) is 8.17 Å². The molecule has 0 atom stereocenters. The Bertz CT molecular complexity index is 2870. The number of rotatable bonds is 6.